The van der Waals surface area contributed by atoms with Crippen LogP contribution in [0.2, 0.25) is 5.15 Å². The van der Waals surface area contributed by atoms with Gasteiger partial charge < -0.3 is 15.0 Å². The van der Waals surface area contributed by atoms with E-state index in [0.717, 1.165) is 12.8 Å². The van der Waals surface area contributed by atoms with Crippen LogP contribution in [0, 0.1) is 5.92 Å². The number of amides is 2. The van der Waals surface area contributed by atoms with Gasteiger partial charge in [-0.05, 0) is 12.8 Å². The van der Waals surface area contributed by atoms with Crippen molar-refractivity contribution >= 4 is 23.6 Å². The highest BCUT2D eigenvalue weighted by molar-refractivity contribution is 6.29. The van der Waals surface area contributed by atoms with Crippen LogP contribution < -0.4 is 5.32 Å². The molecule has 1 atom stereocenters. The van der Waals surface area contributed by atoms with Gasteiger partial charge in [0.2, 0.25) is 0 Å². The molecule has 0 unspecified atom stereocenters. The number of carbonyl (C=O) groups is 2. The Labute approximate surface area is 127 Å². The molecule has 0 saturated carbocycles. The first-order valence-electron chi connectivity index (χ1n) is 6.67. The summed E-state index contributed by atoms with van der Waals surface area (Å²) in [5, 5.41) is 3.00. The second kappa shape index (κ2) is 7.21. The van der Waals surface area contributed by atoms with Gasteiger partial charge in [-0.3, -0.25) is 9.78 Å². The van der Waals surface area contributed by atoms with Crippen LogP contribution in [0.4, 0.5) is 4.79 Å². The number of urea groups is 1. The Morgan fingerprint density at radius 1 is 1.48 bits per heavy atom. The first-order chi connectivity index (χ1) is 10.1. The minimum Gasteiger partial charge on any atom is -0.469 e. The number of ether oxygens (including phenoxy) is 1. The van der Waals surface area contributed by atoms with E-state index in [9.17, 15) is 9.59 Å². The molecule has 0 aromatic carbocycles. The summed E-state index contributed by atoms with van der Waals surface area (Å²) >= 11 is 5.88. The second-order valence-electron chi connectivity index (χ2n) is 4.76. The van der Waals surface area contributed by atoms with Crippen molar-refractivity contribution in [3.8, 4) is 0 Å². The topological polar surface area (TPSA) is 84.4 Å². The highest BCUT2D eigenvalue weighted by Crippen LogP contribution is 2.18. The SMILES string of the molecule is COC(=O)[C@H]1CCCN(C(=O)NCc2nccnc2Cl)C1. The van der Waals surface area contributed by atoms with Gasteiger partial charge in [0.15, 0.2) is 5.15 Å². The molecule has 0 radical (unpaired) electrons. The number of likely N-dealkylation sites (tertiary alicyclic amines) is 1. The molecule has 1 aliphatic heterocycles. The third-order valence-electron chi connectivity index (χ3n) is 3.37. The number of hydrogen-bond donors (Lipinski definition) is 1. The number of carbonyl (C=O) groups excluding carboxylic acids is 2. The molecular formula is C13H17ClN4O3. The predicted octanol–water partition coefficient (Wildman–Crippen LogP) is 1.22. The van der Waals surface area contributed by atoms with Gasteiger partial charge in [-0.25, -0.2) is 9.78 Å². The lowest BCUT2D eigenvalue weighted by Crippen LogP contribution is -2.47. The summed E-state index contributed by atoms with van der Waals surface area (Å²) in [6.07, 6.45) is 4.52. The molecule has 2 heterocycles. The zero-order valence-electron chi connectivity index (χ0n) is 11.7. The molecule has 0 spiro atoms. The fraction of sp³-hybridized carbons (Fsp3) is 0.538. The first-order valence-corrected chi connectivity index (χ1v) is 7.05. The molecule has 0 bridgehead atoms. The van der Waals surface area contributed by atoms with Crippen molar-refractivity contribution in [2.45, 2.75) is 19.4 Å². The molecule has 0 aliphatic carbocycles. The van der Waals surface area contributed by atoms with Crippen LogP contribution in [0.25, 0.3) is 0 Å². The molecule has 21 heavy (non-hydrogen) atoms. The van der Waals surface area contributed by atoms with E-state index >= 15 is 0 Å². The van der Waals surface area contributed by atoms with E-state index in [4.69, 9.17) is 16.3 Å². The monoisotopic (exact) mass is 312 g/mol. The van der Waals surface area contributed by atoms with E-state index in [1.54, 1.807) is 4.90 Å². The Hall–Kier alpha value is -1.89. The molecule has 1 saturated heterocycles. The van der Waals surface area contributed by atoms with Crippen molar-refractivity contribution < 1.29 is 14.3 Å². The molecule has 8 heteroatoms. The summed E-state index contributed by atoms with van der Waals surface area (Å²) in [5.74, 6) is -0.529. The molecule has 1 N–H and O–H groups in total. The highest BCUT2D eigenvalue weighted by Gasteiger charge is 2.28. The number of nitrogens with one attached hydrogen (secondary N) is 1. The fourth-order valence-electron chi connectivity index (χ4n) is 2.26. The van der Waals surface area contributed by atoms with Crippen LogP contribution in [0.15, 0.2) is 12.4 Å². The lowest BCUT2D eigenvalue weighted by molar-refractivity contribution is -0.146. The molecule has 1 aromatic rings. The number of hydrogen-bond acceptors (Lipinski definition) is 5. The molecule has 1 aliphatic rings. The van der Waals surface area contributed by atoms with Gasteiger partial charge in [-0.2, -0.15) is 0 Å². The van der Waals surface area contributed by atoms with Crippen molar-refractivity contribution in [3.63, 3.8) is 0 Å². The number of methoxy groups -OCH3 is 1. The smallest absolute Gasteiger partial charge is 0.317 e. The van der Waals surface area contributed by atoms with Gasteiger partial charge in [0.1, 0.15) is 0 Å². The van der Waals surface area contributed by atoms with Gasteiger partial charge in [-0.15, -0.1) is 0 Å². The van der Waals surface area contributed by atoms with Crippen LogP contribution in [0.5, 0.6) is 0 Å². The van der Waals surface area contributed by atoms with E-state index in [1.165, 1.54) is 19.5 Å². The Bertz CT molecular complexity index is 526. The van der Waals surface area contributed by atoms with Crippen LogP contribution in [-0.2, 0) is 16.1 Å². The van der Waals surface area contributed by atoms with E-state index < -0.39 is 0 Å². The van der Waals surface area contributed by atoms with E-state index in [-0.39, 0.29) is 29.6 Å². The standard InChI is InChI=1S/C13H17ClN4O3/c1-21-12(19)9-3-2-6-18(8-9)13(20)17-7-10-11(14)16-5-4-15-10/h4-5,9H,2-3,6-8H2,1H3,(H,17,20)/t9-/m0/s1. The van der Waals surface area contributed by atoms with Gasteiger partial charge >= 0.3 is 12.0 Å². The summed E-state index contributed by atoms with van der Waals surface area (Å²) in [6, 6.07) is -0.245. The van der Waals surface area contributed by atoms with Crippen LogP contribution in [0.3, 0.4) is 0 Å². The molecular weight excluding hydrogens is 296 g/mol. The van der Waals surface area contributed by atoms with Crippen molar-refractivity contribution in [1.82, 2.24) is 20.2 Å². The average Bonchev–Trinajstić information content (AvgIpc) is 2.53. The number of esters is 1. The fourth-order valence-corrected chi connectivity index (χ4v) is 2.43. The Morgan fingerprint density at radius 3 is 2.95 bits per heavy atom. The van der Waals surface area contributed by atoms with Crippen molar-refractivity contribution in [1.29, 1.82) is 0 Å². The second-order valence-corrected chi connectivity index (χ2v) is 5.12. The predicted molar refractivity (Wildman–Crippen MR) is 75.6 cm³/mol. The van der Waals surface area contributed by atoms with E-state index in [0.29, 0.717) is 18.8 Å². The molecule has 1 fully saturated rings. The number of nitrogens with zero attached hydrogens (tertiary/aromatic N) is 3. The third kappa shape index (κ3) is 4.04. The van der Waals surface area contributed by atoms with E-state index in [2.05, 4.69) is 15.3 Å². The maximum absolute atomic E-state index is 12.1. The number of halogens is 1. The molecule has 114 valence electrons. The van der Waals surface area contributed by atoms with E-state index in [1.807, 2.05) is 0 Å². The normalized spacial score (nSPS) is 18.2. The van der Waals surface area contributed by atoms with Gasteiger partial charge in [0.05, 0.1) is 25.3 Å². The first kappa shape index (κ1) is 15.5. The van der Waals surface area contributed by atoms with Crippen molar-refractivity contribution in [2.24, 2.45) is 5.92 Å². The summed E-state index contributed by atoms with van der Waals surface area (Å²) in [4.78, 5) is 33.2. The average molecular weight is 313 g/mol. The summed E-state index contributed by atoms with van der Waals surface area (Å²) in [6.45, 7) is 1.19. The summed E-state index contributed by atoms with van der Waals surface area (Å²) in [7, 11) is 1.36. The Morgan fingerprint density at radius 2 is 2.24 bits per heavy atom. The third-order valence-corrected chi connectivity index (χ3v) is 3.69. The molecule has 2 rings (SSSR count). The molecule has 7 nitrogen and oxygen atoms in total. The van der Waals surface area contributed by atoms with Crippen LogP contribution >= 0.6 is 11.6 Å². The zero-order valence-corrected chi connectivity index (χ0v) is 12.5. The van der Waals surface area contributed by atoms with Crippen LogP contribution in [0.1, 0.15) is 18.5 Å². The Balaban J connectivity index is 1.88. The van der Waals surface area contributed by atoms with Gasteiger partial charge in [-0.1, -0.05) is 11.6 Å². The van der Waals surface area contributed by atoms with Gasteiger partial charge in [0.25, 0.3) is 0 Å². The lowest BCUT2D eigenvalue weighted by atomic mass is 9.98. The molecule has 2 amide bonds. The van der Waals surface area contributed by atoms with Crippen LogP contribution in [-0.4, -0.2) is 47.1 Å². The zero-order chi connectivity index (χ0) is 15.2. The lowest BCUT2D eigenvalue weighted by Gasteiger charge is -2.31. The largest absolute Gasteiger partial charge is 0.469 e. The number of aromatic nitrogens is 2. The minimum absolute atomic E-state index is 0.199. The molecule has 1 aromatic heterocycles. The summed E-state index contributed by atoms with van der Waals surface area (Å²) < 4.78 is 4.73. The summed E-state index contributed by atoms with van der Waals surface area (Å²) in [5.41, 5.74) is 0.508. The number of piperidine rings is 1. The Kier molecular flexibility index (Phi) is 5.32. The maximum atomic E-state index is 12.1. The quantitative estimate of drug-likeness (QED) is 0.848. The van der Waals surface area contributed by atoms with Crippen molar-refractivity contribution in [3.05, 3.63) is 23.2 Å². The number of rotatable bonds is 3. The maximum Gasteiger partial charge on any atom is 0.317 e. The minimum atomic E-state index is -0.274. The van der Waals surface area contributed by atoms with Crippen molar-refractivity contribution in [2.75, 3.05) is 20.2 Å². The highest BCUT2D eigenvalue weighted by atomic mass is 35.5. The van der Waals surface area contributed by atoms with Gasteiger partial charge in [0, 0.05) is 25.5 Å².